The third-order valence-corrected chi connectivity index (χ3v) is 11.2. The third-order valence-electron chi connectivity index (χ3n) is 10.3. The molecule has 3 N–H and O–H groups in total. The van der Waals surface area contributed by atoms with E-state index in [2.05, 4.69) is 31.3 Å². The Morgan fingerprint density at radius 3 is 2.47 bits per heavy atom. The second kappa shape index (κ2) is 8.25. The van der Waals surface area contributed by atoms with Crippen molar-refractivity contribution >= 4 is 10.0 Å². The van der Waals surface area contributed by atoms with Crippen molar-refractivity contribution in [3.05, 3.63) is 42.0 Å². The number of rotatable bonds is 5. The number of benzene rings is 1. The summed E-state index contributed by atoms with van der Waals surface area (Å²) in [5, 5.41) is 9.14. The highest BCUT2D eigenvalue weighted by Gasteiger charge is 2.59. The largest absolute Gasteiger partial charge is 0.313 e. The number of nitrogens with two attached hydrogens (primary N) is 1. The average molecular weight is 457 g/mol. The molecule has 3 saturated carbocycles. The molecule has 5 rings (SSSR count). The molecule has 2 unspecified atom stereocenters. The van der Waals surface area contributed by atoms with Gasteiger partial charge in [0.15, 0.2) is 0 Å². The van der Waals surface area contributed by atoms with E-state index < -0.39 is 10.0 Å². The summed E-state index contributed by atoms with van der Waals surface area (Å²) in [5.41, 5.74) is 2.12. The van der Waals surface area contributed by atoms with E-state index in [0.29, 0.717) is 16.9 Å². The van der Waals surface area contributed by atoms with Gasteiger partial charge in [-0.25, -0.2) is 13.6 Å². The van der Waals surface area contributed by atoms with E-state index in [9.17, 15) is 8.42 Å². The van der Waals surface area contributed by atoms with Crippen LogP contribution in [0.2, 0.25) is 0 Å². The third kappa shape index (κ3) is 3.78. The monoisotopic (exact) mass is 456 g/mol. The van der Waals surface area contributed by atoms with E-state index in [1.54, 1.807) is 12.1 Å². The number of allylic oxidation sites excluding steroid dienone is 2. The van der Waals surface area contributed by atoms with Crippen molar-refractivity contribution < 1.29 is 8.42 Å². The quantitative estimate of drug-likeness (QED) is 0.610. The molecule has 1 aromatic rings. The molecule has 3 fully saturated rings. The van der Waals surface area contributed by atoms with Crippen molar-refractivity contribution in [1.82, 2.24) is 5.32 Å². The van der Waals surface area contributed by atoms with Crippen LogP contribution in [0.25, 0.3) is 0 Å². The maximum Gasteiger partial charge on any atom is 0.238 e. The van der Waals surface area contributed by atoms with Gasteiger partial charge in [-0.1, -0.05) is 38.1 Å². The summed E-state index contributed by atoms with van der Waals surface area (Å²) < 4.78 is 22.9. The maximum atomic E-state index is 11.5. The van der Waals surface area contributed by atoms with Gasteiger partial charge in [0.1, 0.15) is 0 Å². The zero-order valence-electron chi connectivity index (χ0n) is 19.7. The fourth-order valence-electron chi connectivity index (χ4n) is 8.41. The summed E-state index contributed by atoms with van der Waals surface area (Å²) in [4.78, 5) is 0.189. The van der Waals surface area contributed by atoms with Crippen molar-refractivity contribution in [3.8, 4) is 0 Å². The predicted octanol–water partition coefficient (Wildman–Crippen LogP) is 5.04. The van der Waals surface area contributed by atoms with Gasteiger partial charge in [0.25, 0.3) is 0 Å². The van der Waals surface area contributed by atoms with Crippen molar-refractivity contribution in [2.45, 2.75) is 82.6 Å². The van der Waals surface area contributed by atoms with Crippen LogP contribution in [0.3, 0.4) is 0 Å². The van der Waals surface area contributed by atoms with Crippen LogP contribution in [0.4, 0.5) is 0 Å². The van der Waals surface area contributed by atoms with Crippen molar-refractivity contribution in [2.75, 3.05) is 6.54 Å². The molecule has 4 aliphatic carbocycles. The Bertz CT molecular complexity index is 972. The molecule has 0 spiro atoms. The summed E-state index contributed by atoms with van der Waals surface area (Å²) in [6.07, 6.45) is 16.8. The number of fused-ring (bicyclic) bond motifs is 5. The molecule has 0 heterocycles. The fraction of sp³-hybridized carbons (Fsp3) is 0.704. The maximum absolute atomic E-state index is 11.5. The Kier molecular flexibility index (Phi) is 5.83. The van der Waals surface area contributed by atoms with Crippen molar-refractivity contribution in [2.24, 2.45) is 39.6 Å². The Morgan fingerprint density at radius 1 is 0.969 bits per heavy atom. The van der Waals surface area contributed by atoms with Gasteiger partial charge < -0.3 is 5.32 Å². The molecule has 0 saturated heterocycles. The zero-order chi connectivity index (χ0) is 22.6. The Labute approximate surface area is 194 Å². The second-order valence-electron chi connectivity index (χ2n) is 11.6. The second-order valence-corrected chi connectivity index (χ2v) is 13.2. The molecule has 32 heavy (non-hydrogen) atoms. The van der Waals surface area contributed by atoms with Gasteiger partial charge in [0, 0.05) is 6.04 Å². The molecule has 7 atom stereocenters. The molecule has 0 aromatic heterocycles. The van der Waals surface area contributed by atoms with Gasteiger partial charge in [-0.3, -0.25) is 0 Å². The molecule has 0 amide bonds. The van der Waals surface area contributed by atoms with Gasteiger partial charge in [0.2, 0.25) is 10.0 Å². The molecule has 4 nitrogen and oxygen atoms in total. The molecular formula is C27H40N2O2S. The van der Waals surface area contributed by atoms with E-state index in [0.717, 1.165) is 42.2 Å². The van der Waals surface area contributed by atoms with E-state index in [1.807, 2.05) is 12.1 Å². The first-order valence-electron chi connectivity index (χ1n) is 12.7. The van der Waals surface area contributed by atoms with E-state index in [1.165, 1.54) is 51.4 Å². The minimum atomic E-state index is -3.62. The Morgan fingerprint density at radius 2 is 1.72 bits per heavy atom. The number of hydrogen-bond donors (Lipinski definition) is 2. The van der Waals surface area contributed by atoms with Gasteiger partial charge in [-0.2, -0.15) is 0 Å². The van der Waals surface area contributed by atoms with E-state index >= 15 is 0 Å². The molecular weight excluding hydrogens is 416 g/mol. The smallest absolute Gasteiger partial charge is 0.238 e. The Balaban J connectivity index is 1.22. The molecule has 0 radical (unpaired) electrons. The van der Waals surface area contributed by atoms with Crippen LogP contribution >= 0.6 is 0 Å². The zero-order valence-corrected chi connectivity index (χ0v) is 20.5. The van der Waals surface area contributed by atoms with Crippen molar-refractivity contribution in [3.63, 3.8) is 0 Å². The van der Waals surface area contributed by atoms with Crippen LogP contribution in [0.1, 0.15) is 70.8 Å². The summed E-state index contributed by atoms with van der Waals surface area (Å²) in [6.45, 7) is 6.14. The van der Waals surface area contributed by atoms with Crippen LogP contribution < -0.4 is 10.5 Å². The lowest BCUT2D eigenvalue weighted by Crippen LogP contribution is -2.54. The SMILES string of the molecule is C[C@]12CC=CCC1CC[C@@H]1[C@H]2CC[C@]2(C)C(NCCc3ccc(S(N)(=O)=O)cc3)CC[C@@H]12. The van der Waals surface area contributed by atoms with Gasteiger partial charge in [0.05, 0.1) is 4.90 Å². The lowest BCUT2D eigenvalue weighted by molar-refractivity contribution is -0.0917. The first kappa shape index (κ1) is 22.6. The predicted molar refractivity (Wildman–Crippen MR) is 130 cm³/mol. The number of hydrogen-bond acceptors (Lipinski definition) is 3. The van der Waals surface area contributed by atoms with Gasteiger partial charge in [-0.05, 0) is 117 Å². The summed E-state index contributed by atoms with van der Waals surface area (Å²) in [6, 6.07) is 7.63. The van der Waals surface area contributed by atoms with Crippen molar-refractivity contribution in [1.29, 1.82) is 0 Å². The van der Waals surface area contributed by atoms with Crippen LogP contribution in [0, 0.1) is 34.5 Å². The van der Waals surface area contributed by atoms with Crippen LogP contribution in [0.5, 0.6) is 0 Å². The lowest BCUT2D eigenvalue weighted by Gasteiger charge is -2.59. The van der Waals surface area contributed by atoms with Gasteiger partial charge in [-0.15, -0.1) is 0 Å². The van der Waals surface area contributed by atoms with E-state index in [4.69, 9.17) is 5.14 Å². The van der Waals surface area contributed by atoms with Crippen LogP contribution in [-0.2, 0) is 16.4 Å². The van der Waals surface area contributed by atoms with Gasteiger partial charge >= 0.3 is 0 Å². The number of primary sulfonamides is 1. The molecule has 1 aromatic carbocycles. The lowest BCUT2D eigenvalue weighted by atomic mass is 9.46. The summed E-state index contributed by atoms with van der Waals surface area (Å²) in [7, 11) is -3.62. The first-order valence-corrected chi connectivity index (χ1v) is 14.3. The fourth-order valence-corrected chi connectivity index (χ4v) is 8.93. The molecule has 4 aliphatic rings. The average Bonchev–Trinajstić information content (AvgIpc) is 3.09. The number of sulfonamides is 1. The molecule has 5 heteroatoms. The van der Waals surface area contributed by atoms with Crippen LogP contribution in [0.15, 0.2) is 41.3 Å². The molecule has 0 aliphatic heterocycles. The highest BCUT2D eigenvalue weighted by Crippen LogP contribution is 2.65. The Hall–Kier alpha value is -1.17. The molecule has 176 valence electrons. The summed E-state index contributed by atoms with van der Waals surface area (Å²) >= 11 is 0. The van der Waals surface area contributed by atoms with E-state index in [-0.39, 0.29) is 4.90 Å². The first-order chi connectivity index (χ1) is 15.2. The van der Waals surface area contributed by atoms with Crippen LogP contribution in [-0.4, -0.2) is 21.0 Å². The topological polar surface area (TPSA) is 72.2 Å². The molecule has 0 bridgehead atoms. The minimum Gasteiger partial charge on any atom is -0.313 e. The number of nitrogens with one attached hydrogen (secondary N) is 1. The highest BCUT2D eigenvalue weighted by molar-refractivity contribution is 7.89. The summed E-state index contributed by atoms with van der Waals surface area (Å²) in [5.74, 6) is 3.62. The standard InChI is InChI=1S/C27H40N2O2S/c1-26-16-4-3-5-20(26)8-11-22-23-12-13-25(27(23,2)17-14-24(22)26)29-18-15-19-6-9-21(10-7-19)32(28,30)31/h3-4,6-7,9-10,20,22-25,29H,5,8,11-18H2,1-2H3,(H2,28,30,31)/t20?,22-,23-,24+,25?,26-,27-/m0/s1. The highest BCUT2D eigenvalue weighted by atomic mass is 32.2. The minimum absolute atomic E-state index is 0.189. The normalized spacial score (nSPS) is 41.0.